The Morgan fingerprint density at radius 3 is 2.36 bits per heavy atom. The number of hydrogen-bond donors (Lipinski definition) is 2. The van der Waals surface area contributed by atoms with Crippen LogP contribution >= 0.6 is 0 Å². The van der Waals surface area contributed by atoms with Crippen LogP contribution in [0.1, 0.15) is 35.3 Å². The monoisotopic (exact) mass is 406 g/mol. The van der Waals surface area contributed by atoms with Gasteiger partial charge in [0.25, 0.3) is 5.91 Å². The Morgan fingerprint density at radius 1 is 1.04 bits per heavy atom. The summed E-state index contributed by atoms with van der Waals surface area (Å²) in [6.45, 7) is 6.84. The van der Waals surface area contributed by atoms with Crippen LogP contribution in [0.2, 0.25) is 0 Å². The van der Waals surface area contributed by atoms with Gasteiger partial charge in [0.15, 0.2) is 11.5 Å². The Morgan fingerprint density at radius 2 is 1.71 bits per heavy atom. The molecule has 2 rings (SSSR count). The van der Waals surface area contributed by atoms with E-state index in [0.29, 0.717) is 48.1 Å². The molecule has 28 heavy (non-hydrogen) atoms. The lowest BCUT2D eigenvalue weighted by atomic mass is 10.1. The van der Waals surface area contributed by atoms with Gasteiger partial charge in [0.05, 0.1) is 25.2 Å². The molecule has 152 valence electrons. The standard InChI is InChI=1S/C20H26N2O5S/c1-5-26-18-11-10-15(12-19(18)27-6-2)13-21-20(23)16-8-7-9-17(14(16)3)22-28(4,24)25/h7-12,22H,5-6,13H2,1-4H3,(H,21,23). The summed E-state index contributed by atoms with van der Waals surface area (Å²) in [4.78, 5) is 12.6. The number of ether oxygens (including phenoxy) is 2. The number of hydrogen-bond acceptors (Lipinski definition) is 5. The maximum Gasteiger partial charge on any atom is 0.251 e. The van der Waals surface area contributed by atoms with Crippen LogP contribution in [0.4, 0.5) is 5.69 Å². The maximum atomic E-state index is 12.6. The fourth-order valence-corrected chi connectivity index (χ4v) is 3.30. The first kappa shape index (κ1) is 21.6. The highest BCUT2D eigenvalue weighted by Crippen LogP contribution is 2.28. The van der Waals surface area contributed by atoms with Crippen molar-refractivity contribution in [3.05, 3.63) is 53.1 Å². The number of amides is 1. The number of sulfonamides is 1. The molecule has 0 spiro atoms. The molecule has 0 aliphatic carbocycles. The predicted octanol–water partition coefficient (Wildman–Crippen LogP) is 3.09. The molecular formula is C20H26N2O5S. The van der Waals surface area contributed by atoms with Crippen LogP contribution in [-0.2, 0) is 16.6 Å². The molecule has 0 saturated carbocycles. The molecule has 8 heteroatoms. The summed E-state index contributed by atoms with van der Waals surface area (Å²) in [5.74, 6) is 1.00. The lowest BCUT2D eigenvalue weighted by Crippen LogP contribution is -2.24. The zero-order valence-corrected chi connectivity index (χ0v) is 17.4. The van der Waals surface area contributed by atoms with E-state index in [1.807, 2.05) is 32.0 Å². The summed E-state index contributed by atoms with van der Waals surface area (Å²) < 4.78 is 36.5. The summed E-state index contributed by atoms with van der Waals surface area (Å²) >= 11 is 0. The highest BCUT2D eigenvalue weighted by molar-refractivity contribution is 7.92. The van der Waals surface area contributed by atoms with Crippen LogP contribution in [-0.4, -0.2) is 33.8 Å². The van der Waals surface area contributed by atoms with E-state index in [2.05, 4.69) is 10.0 Å². The Balaban J connectivity index is 2.14. The molecule has 2 aromatic carbocycles. The topological polar surface area (TPSA) is 93.7 Å². The summed E-state index contributed by atoms with van der Waals surface area (Å²) in [5, 5.41) is 2.85. The summed E-state index contributed by atoms with van der Waals surface area (Å²) in [6, 6.07) is 10.4. The molecule has 0 saturated heterocycles. The van der Waals surface area contributed by atoms with Crippen molar-refractivity contribution in [3.63, 3.8) is 0 Å². The van der Waals surface area contributed by atoms with Crippen LogP contribution in [0.25, 0.3) is 0 Å². The van der Waals surface area contributed by atoms with Gasteiger partial charge in [0, 0.05) is 12.1 Å². The first-order valence-electron chi connectivity index (χ1n) is 8.99. The van der Waals surface area contributed by atoms with Crippen molar-refractivity contribution in [2.45, 2.75) is 27.3 Å². The molecule has 7 nitrogen and oxygen atoms in total. The van der Waals surface area contributed by atoms with Crippen molar-refractivity contribution < 1.29 is 22.7 Å². The molecule has 0 unspecified atom stereocenters. The third kappa shape index (κ3) is 5.88. The van der Waals surface area contributed by atoms with Gasteiger partial charge in [-0.05, 0) is 56.2 Å². The zero-order valence-electron chi connectivity index (χ0n) is 16.5. The first-order chi connectivity index (χ1) is 13.2. The Hall–Kier alpha value is -2.74. The third-order valence-electron chi connectivity index (χ3n) is 3.93. The fourth-order valence-electron chi connectivity index (χ4n) is 2.67. The Labute approximate surface area is 166 Å². The Kier molecular flexibility index (Phi) is 7.28. The molecule has 2 N–H and O–H groups in total. The number of carbonyl (C=O) groups excluding carboxylic acids is 1. The maximum absolute atomic E-state index is 12.6. The molecule has 1 amide bonds. The first-order valence-corrected chi connectivity index (χ1v) is 10.9. The van der Waals surface area contributed by atoms with Gasteiger partial charge < -0.3 is 14.8 Å². The number of benzene rings is 2. The van der Waals surface area contributed by atoms with E-state index in [-0.39, 0.29) is 5.91 Å². The second kappa shape index (κ2) is 9.45. The lowest BCUT2D eigenvalue weighted by Gasteiger charge is -2.14. The fraction of sp³-hybridized carbons (Fsp3) is 0.350. The predicted molar refractivity (Wildman–Crippen MR) is 110 cm³/mol. The van der Waals surface area contributed by atoms with E-state index < -0.39 is 10.0 Å². The smallest absolute Gasteiger partial charge is 0.251 e. The summed E-state index contributed by atoms with van der Waals surface area (Å²) in [5.41, 5.74) is 2.22. The van der Waals surface area contributed by atoms with Gasteiger partial charge in [-0.1, -0.05) is 12.1 Å². The number of nitrogens with one attached hydrogen (secondary N) is 2. The van der Waals surface area contributed by atoms with Gasteiger partial charge in [-0.25, -0.2) is 8.42 Å². The molecule has 0 fully saturated rings. The second-order valence-electron chi connectivity index (χ2n) is 6.18. The molecular weight excluding hydrogens is 380 g/mol. The minimum absolute atomic E-state index is 0.290. The quantitative estimate of drug-likeness (QED) is 0.667. The normalized spacial score (nSPS) is 11.0. The average Bonchev–Trinajstić information content (AvgIpc) is 2.62. The molecule has 0 bridgehead atoms. The minimum Gasteiger partial charge on any atom is -0.490 e. The van der Waals surface area contributed by atoms with E-state index in [1.165, 1.54) is 0 Å². The average molecular weight is 407 g/mol. The number of carbonyl (C=O) groups is 1. The SMILES string of the molecule is CCOc1ccc(CNC(=O)c2cccc(NS(C)(=O)=O)c2C)cc1OCC. The van der Waals surface area contributed by atoms with E-state index in [1.54, 1.807) is 25.1 Å². The molecule has 0 atom stereocenters. The molecule has 0 aliphatic heterocycles. The van der Waals surface area contributed by atoms with Gasteiger partial charge in [-0.15, -0.1) is 0 Å². The second-order valence-corrected chi connectivity index (χ2v) is 7.93. The minimum atomic E-state index is -3.42. The highest BCUT2D eigenvalue weighted by Gasteiger charge is 2.14. The van der Waals surface area contributed by atoms with Crippen LogP contribution in [0.15, 0.2) is 36.4 Å². The molecule has 0 radical (unpaired) electrons. The van der Waals surface area contributed by atoms with Crippen molar-refractivity contribution in [1.82, 2.24) is 5.32 Å². The summed E-state index contributed by atoms with van der Waals surface area (Å²) in [6.07, 6.45) is 1.07. The van der Waals surface area contributed by atoms with E-state index in [9.17, 15) is 13.2 Å². The van der Waals surface area contributed by atoms with Crippen LogP contribution < -0.4 is 19.5 Å². The van der Waals surface area contributed by atoms with Crippen LogP contribution in [0.3, 0.4) is 0 Å². The highest BCUT2D eigenvalue weighted by atomic mass is 32.2. The van der Waals surface area contributed by atoms with E-state index >= 15 is 0 Å². The van der Waals surface area contributed by atoms with Crippen molar-refractivity contribution in [3.8, 4) is 11.5 Å². The van der Waals surface area contributed by atoms with Gasteiger partial charge in [0.1, 0.15) is 0 Å². The van der Waals surface area contributed by atoms with E-state index in [4.69, 9.17) is 9.47 Å². The molecule has 0 aliphatic rings. The van der Waals surface area contributed by atoms with Gasteiger partial charge in [-0.2, -0.15) is 0 Å². The van der Waals surface area contributed by atoms with Gasteiger partial charge in [-0.3, -0.25) is 9.52 Å². The van der Waals surface area contributed by atoms with Crippen LogP contribution in [0.5, 0.6) is 11.5 Å². The van der Waals surface area contributed by atoms with E-state index in [0.717, 1.165) is 11.8 Å². The molecule has 0 aromatic heterocycles. The summed E-state index contributed by atoms with van der Waals surface area (Å²) in [7, 11) is -3.42. The largest absolute Gasteiger partial charge is 0.490 e. The van der Waals surface area contributed by atoms with Crippen molar-refractivity contribution >= 4 is 21.6 Å². The van der Waals surface area contributed by atoms with Crippen LogP contribution in [0, 0.1) is 6.92 Å². The van der Waals surface area contributed by atoms with Gasteiger partial charge in [0.2, 0.25) is 10.0 Å². The lowest BCUT2D eigenvalue weighted by molar-refractivity contribution is 0.0950. The van der Waals surface area contributed by atoms with Gasteiger partial charge >= 0.3 is 0 Å². The molecule has 2 aromatic rings. The molecule has 0 heterocycles. The number of rotatable bonds is 9. The van der Waals surface area contributed by atoms with Crippen molar-refractivity contribution in [2.75, 3.05) is 24.2 Å². The zero-order chi connectivity index (χ0) is 20.7. The Bertz CT molecular complexity index is 942. The number of anilines is 1. The third-order valence-corrected chi connectivity index (χ3v) is 4.53. The van der Waals surface area contributed by atoms with Crippen molar-refractivity contribution in [1.29, 1.82) is 0 Å². The van der Waals surface area contributed by atoms with Crippen molar-refractivity contribution in [2.24, 2.45) is 0 Å².